The molecule has 1 heterocycles. The molecule has 0 unspecified atom stereocenters. The van der Waals surface area contributed by atoms with Crippen LogP contribution in [0.5, 0.6) is 0 Å². The second kappa shape index (κ2) is 7.71. The number of aromatic nitrogens is 2. The zero-order valence-electron chi connectivity index (χ0n) is 16.4. The van der Waals surface area contributed by atoms with Gasteiger partial charge in [-0.1, -0.05) is 39.3 Å². The van der Waals surface area contributed by atoms with E-state index in [0.29, 0.717) is 22.2 Å². The van der Waals surface area contributed by atoms with Gasteiger partial charge in [-0.15, -0.1) is 0 Å². The van der Waals surface area contributed by atoms with Gasteiger partial charge < -0.3 is 5.32 Å². The van der Waals surface area contributed by atoms with Gasteiger partial charge in [0.2, 0.25) is 5.91 Å². The quantitative estimate of drug-likeness (QED) is 0.848. The Balaban J connectivity index is 1.67. The molecule has 1 fully saturated rings. The molecule has 0 atom stereocenters. The van der Waals surface area contributed by atoms with Crippen LogP contribution in [-0.4, -0.2) is 21.5 Å². The minimum atomic E-state index is -0.553. The summed E-state index contributed by atoms with van der Waals surface area (Å²) in [5.74, 6) is 0.508. The van der Waals surface area contributed by atoms with E-state index in [9.17, 15) is 14.4 Å². The van der Waals surface area contributed by atoms with Crippen LogP contribution in [0.25, 0.3) is 10.9 Å². The van der Waals surface area contributed by atoms with Gasteiger partial charge in [0.15, 0.2) is 0 Å². The van der Waals surface area contributed by atoms with E-state index >= 15 is 0 Å². The molecule has 146 valence electrons. The number of hydrogen-bond donors (Lipinski definition) is 2. The van der Waals surface area contributed by atoms with Gasteiger partial charge in [-0.25, -0.2) is 4.79 Å². The van der Waals surface area contributed by atoms with Gasteiger partial charge in [-0.05, 0) is 49.1 Å². The van der Waals surface area contributed by atoms with Crippen molar-refractivity contribution in [3.8, 4) is 0 Å². The molecule has 3 rings (SSSR count). The van der Waals surface area contributed by atoms with Crippen LogP contribution in [-0.2, 0) is 11.3 Å². The number of para-hydroxylation sites is 1. The molecular formula is C21H29N3O3. The number of fused-ring (bicyclic) bond motifs is 1. The number of rotatable bonds is 5. The number of carbonyl (C=O) groups excluding carboxylic acids is 1. The molecule has 2 N–H and O–H groups in total. The molecule has 1 aliphatic rings. The summed E-state index contributed by atoms with van der Waals surface area (Å²) in [4.78, 5) is 38.9. The third-order valence-electron chi connectivity index (χ3n) is 6.32. The third-order valence-corrected chi connectivity index (χ3v) is 6.32. The zero-order chi connectivity index (χ0) is 19.6. The SMILES string of the molecule is CCC(C)(C)C1CCC(NC(=O)Cn2c(=O)[nH]c(=O)c3ccccc32)CC1. The van der Waals surface area contributed by atoms with E-state index in [1.807, 2.05) is 0 Å². The first kappa shape index (κ1) is 19.4. The summed E-state index contributed by atoms with van der Waals surface area (Å²) in [6.07, 6.45) is 5.35. The van der Waals surface area contributed by atoms with Gasteiger partial charge in [0, 0.05) is 6.04 Å². The molecule has 2 aromatic rings. The molecule has 6 nitrogen and oxygen atoms in total. The summed E-state index contributed by atoms with van der Waals surface area (Å²) in [5.41, 5.74) is -0.155. The summed E-state index contributed by atoms with van der Waals surface area (Å²) in [6.45, 7) is 6.80. The molecule has 1 aromatic heterocycles. The number of carbonyl (C=O) groups is 1. The molecule has 0 saturated heterocycles. The average molecular weight is 371 g/mol. The first-order valence-electron chi connectivity index (χ1n) is 9.83. The lowest BCUT2D eigenvalue weighted by Crippen LogP contribution is -2.43. The van der Waals surface area contributed by atoms with Crippen molar-refractivity contribution >= 4 is 16.8 Å². The maximum absolute atomic E-state index is 12.5. The Labute approximate surface area is 159 Å². The fourth-order valence-corrected chi connectivity index (χ4v) is 4.12. The van der Waals surface area contributed by atoms with Crippen molar-refractivity contribution in [2.24, 2.45) is 11.3 Å². The summed E-state index contributed by atoms with van der Waals surface area (Å²) in [5, 5.41) is 3.48. The van der Waals surface area contributed by atoms with Crippen molar-refractivity contribution in [2.45, 2.75) is 65.5 Å². The summed E-state index contributed by atoms with van der Waals surface area (Å²) >= 11 is 0. The van der Waals surface area contributed by atoms with E-state index in [2.05, 4.69) is 31.1 Å². The molecule has 1 amide bonds. The van der Waals surface area contributed by atoms with Crippen LogP contribution >= 0.6 is 0 Å². The van der Waals surface area contributed by atoms with Gasteiger partial charge in [0.25, 0.3) is 5.56 Å². The molecule has 0 radical (unpaired) electrons. The number of nitrogens with zero attached hydrogens (tertiary/aromatic N) is 1. The monoisotopic (exact) mass is 371 g/mol. The van der Waals surface area contributed by atoms with Crippen molar-refractivity contribution in [1.82, 2.24) is 14.9 Å². The minimum absolute atomic E-state index is 0.0868. The highest BCUT2D eigenvalue weighted by Gasteiger charge is 2.32. The third kappa shape index (κ3) is 4.15. The number of amides is 1. The molecule has 1 aliphatic carbocycles. The Hall–Kier alpha value is -2.37. The Morgan fingerprint density at radius 2 is 1.85 bits per heavy atom. The van der Waals surface area contributed by atoms with Crippen molar-refractivity contribution in [2.75, 3.05) is 0 Å². The van der Waals surface area contributed by atoms with Crippen LogP contribution in [0.1, 0.15) is 52.9 Å². The Bertz CT molecular complexity index is 934. The largest absolute Gasteiger partial charge is 0.352 e. The van der Waals surface area contributed by atoms with Crippen LogP contribution in [0.4, 0.5) is 0 Å². The van der Waals surface area contributed by atoms with Crippen LogP contribution < -0.4 is 16.6 Å². The number of hydrogen-bond acceptors (Lipinski definition) is 3. The average Bonchev–Trinajstić information content (AvgIpc) is 2.65. The molecule has 1 aromatic carbocycles. The smallest absolute Gasteiger partial charge is 0.329 e. The lowest BCUT2D eigenvalue weighted by atomic mass is 9.69. The second-order valence-electron chi connectivity index (χ2n) is 8.32. The van der Waals surface area contributed by atoms with Crippen molar-refractivity contribution in [3.63, 3.8) is 0 Å². The van der Waals surface area contributed by atoms with Crippen LogP contribution in [0.15, 0.2) is 33.9 Å². The molecule has 0 bridgehead atoms. The Morgan fingerprint density at radius 1 is 1.19 bits per heavy atom. The van der Waals surface area contributed by atoms with Gasteiger partial charge in [0.1, 0.15) is 6.54 Å². The van der Waals surface area contributed by atoms with Crippen LogP contribution in [0.3, 0.4) is 0 Å². The normalized spacial score (nSPS) is 20.6. The first-order chi connectivity index (χ1) is 12.8. The van der Waals surface area contributed by atoms with E-state index < -0.39 is 11.2 Å². The molecule has 0 spiro atoms. The molecule has 0 aliphatic heterocycles. The van der Waals surface area contributed by atoms with Crippen molar-refractivity contribution in [3.05, 3.63) is 45.1 Å². The zero-order valence-corrected chi connectivity index (χ0v) is 16.4. The van der Waals surface area contributed by atoms with Crippen molar-refractivity contribution < 1.29 is 4.79 Å². The number of aromatic amines is 1. The molecular weight excluding hydrogens is 342 g/mol. The maximum atomic E-state index is 12.5. The van der Waals surface area contributed by atoms with Gasteiger partial charge in [0.05, 0.1) is 10.9 Å². The maximum Gasteiger partial charge on any atom is 0.329 e. The first-order valence-corrected chi connectivity index (χ1v) is 9.83. The van der Waals surface area contributed by atoms with E-state index in [4.69, 9.17) is 0 Å². The van der Waals surface area contributed by atoms with E-state index in [1.54, 1.807) is 24.3 Å². The molecule has 1 saturated carbocycles. The lowest BCUT2D eigenvalue weighted by molar-refractivity contribution is -0.122. The summed E-state index contributed by atoms with van der Waals surface area (Å²) in [7, 11) is 0. The van der Waals surface area contributed by atoms with Gasteiger partial charge in [-0.2, -0.15) is 0 Å². The minimum Gasteiger partial charge on any atom is -0.352 e. The van der Waals surface area contributed by atoms with E-state index in [1.165, 1.54) is 4.57 Å². The number of nitrogens with one attached hydrogen (secondary N) is 2. The van der Waals surface area contributed by atoms with Crippen molar-refractivity contribution in [1.29, 1.82) is 0 Å². The predicted molar refractivity (Wildman–Crippen MR) is 107 cm³/mol. The summed E-state index contributed by atoms with van der Waals surface area (Å²) < 4.78 is 1.33. The summed E-state index contributed by atoms with van der Waals surface area (Å²) in [6, 6.07) is 7.00. The second-order valence-corrected chi connectivity index (χ2v) is 8.32. The highest BCUT2D eigenvalue weighted by molar-refractivity contribution is 5.81. The van der Waals surface area contributed by atoms with Crippen LogP contribution in [0.2, 0.25) is 0 Å². The van der Waals surface area contributed by atoms with E-state index in [-0.39, 0.29) is 18.5 Å². The van der Waals surface area contributed by atoms with Crippen LogP contribution in [0, 0.1) is 11.3 Å². The Morgan fingerprint density at radius 3 is 2.52 bits per heavy atom. The predicted octanol–water partition coefficient (Wildman–Crippen LogP) is 2.80. The highest BCUT2D eigenvalue weighted by Crippen LogP contribution is 2.40. The van der Waals surface area contributed by atoms with E-state index in [0.717, 1.165) is 32.1 Å². The topological polar surface area (TPSA) is 84.0 Å². The van der Waals surface area contributed by atoms with Gasteiger partial charge >= 0.3 is 5.69 Å². The fourth-order valence-electron chi connectivity index (χ4n) is 4.12. The number of benzene rings is 1. The lowest BCUT2D eigenvalue weighted by Gasteiger charge is -2.39. The molecule has 6 heteroatoms. The Kier molecular flexibility index (Phi) is 5.53. The fraction of sp³-hybridized carbons (Fsp3) is 0.571. The number of H-pyrrole nitrogens is 1. The molecule has 27 heavy (non-hydrogen) atoms. The van der Waals surface area contributed by atoms with Gasteiger partial charge in [-0.3, -0.25) is 19.1 Å². The highest BCUT2D eigenvalue weighted by atomic mass is 16.2. The standard InChI is InChI=1S/C21H29N3O3/c1-4-21(2,3)14-9-11-15(12-10-14)22-18(25)13-24-17-8-6-5-7-16(17)19(26)23-20(24)27/h5-8,14-15H,4,9-13H2,1-3H3,(H,22,25)(H,23,26,27).